The number of anilines is 1. The zero-order valence-corrected chi connectivity index (χ0v) is 12.5. The number of carbonyl (C=O) groups is 2. The van der Waals surface area contributed by atoms with Crippen molar-refractivity contribution in [3.05, 3.63) is 28.2 Å². The summed E-state index contributed by atoms with van der Waals surface area (Å²) in [5.41, 5.74) is 1.53. The molecule has 0 aromatic heterocycles. The highest BCUT2D eigenvalue weighted by molar-refractivity contribution is 9.10. The van der Waals surface area contributed by atoms with E-state index < -0.39 is 11.8 Å². The maximum Gasteiger partial charge on any atom is 0.313 e. The highest BCUT2D eigenvalue weighted by atomic mass is 79.9. The van der Waals surface area contributed by atoms with Crippen LogP contribution in [0.3, 0.4) is 0 Å². The van der Waals surface area contributed by atoms with Gasteiger partial charge in [0.2, 0.25) is 0 Å². The second-order valence-corrected chi connectivity index (χ2v) is 5.29. The maximum atomic E-state index is 11.7. The molecule has 0 aliphatic carbocycles. The number of carbonyl (C=O) groups excluding carboxylic acids is 2. The molecule has 0 saturated carbocycles. The number of aliphatic hydroxyl groups excluding tert-OH is 1. The average Bonchev–Trinajstić information content (AvgIpc) is 2.39. The molecule has 0 aliphatic rings. The van der Waals surface area contributed by atoms with E-state index in [0.29, 0.717) is 10.2 Å². The fourth-order valence-corrected chi connectivity index (χ4v) is 1.67. The molecule has 1 aromatic carbocycles. The molecule has 3 N–H and O–H groups in total. The van der Waals surface area contributed by atoms with Crippen molar-refractivity contribution in [3.8, 4) is 0 Å². The van der Waals surface area contributed by atoms with Gasteiger partial charge in [0.15, 0.2) is 0 Å². The number of hydrogen-bond donors (Lipinski definition) is 3. The zero-order valence-electron chi connectivity index (χ0n) is 10.9. The van der Waals surface area contributed by atoms with Crippen molar-refractivity contribution in [2.24, 2.45) is 5.92 Å². The summed E-state index contributed by atoms with van der Waals surface area (Å²) in [6.45, 7) is 3.89. The number of halogens is 1. The molecule has 19 heavy (non-hydrogen) atoms. The number of hydrogen-bond acceptors (Lipinski definition) is 3. The van der Waals surface area contributed by atoms with Gasteiger partial charge < -0.3 is 15.7 Å². The van der Waals surface area contributed by atoms with E-state index in [2.05, 4.69) is 26.6 Å². The first-order valence-electron chi connectivity index (χ1n) is 5.90. The molecular formula is C13H17BrN2O3. The van der Waals surface area contributed by atoms with Gasteiger partial charge in [-0.15, -0.1) is 0 Å². The lowest BCUT2D eigenvalue weighted by atomic mass is 10.2. The highest BCUT2D eigenvalue weighted by Gasteiger charge is 2.15. The molecule has 2 amide bonds. The minimum absolute atomic E-state index is 0.0364. The molecule has 0 spiro atoms. The molecule has 0 fully saturated rings. The number of nitrogens with one attached hydrogen (secondary N) is 2. The average molecular weight is 329 g/mol. The summed E-state index contributed by atoms with van der Waals surface area (Å²) in [5, 5.41) is 13.8. The van der Waals surface area contributed by atoms with Gasteiger partial charge in [0.25, 0.3) is 0 Å². The normalized spacial score (nSPS) is 11.8. The molecule has 0 radical (unpaired) electrons. The van der Waals surface area contributed by atoms with Crippen LogP contribution in [0, 0.1) is 12.8 Å². The van der Waals surface area contributed by atoms with E-state index in [0.717, 1.165) is 5.56 Å². The first-order valence-corrected chi connectivity index (χ1v) is 6.69. The molecule has 0 bridgehead atoms. The van der Waals surface area contributed by atoms with Crippen LogP contribution in [0.4, 0.5) is 5.69 Å². The van der Waals surface area contributed by atoms with Crippen molar-refractivity contribution in [2.45, 2.75) is 13.8 Å². The smallest absolute Gasteiger partial charge is 0.313 e. The van der Waals surface area contributed by atoms with Crippen LogP contribution in [0.2, 0.25) is 0 Å². The summed E-state index contributed by atoms with van der Waals surface area (Å²) in [6.07, 6.45) is 0. The van der Waals surface area contributed by atoms with Gasteiger partial charge in [-0.05, 0) is 46.5 Å². The van der Waals surface area contributed by atoms with Crippen molar-refractivity contribution in [1.82, 2.24) is 5.32 Å². The maximum absolute atomic E-state index is 11.7. The lowest BCUT2D eigenvalue weighted by Gasteiger charge is -2.11. The molecule has 1 rings (SSSR count). The van der Waals surface area contributed by atoms with Crippen LogP contribution in [0.1, 0.15) is 12.5 Å². The number of amides is 2. The van der Waals surface area contributed by atoms with E-state index in [1.54, 1.807) is 19.1 Å². The molecular weight excluding hydrogens is 312 g/mol. The van der Waals surface area contributed by atoms with Crippen molar-refractivity contribution >= 4 is 33.4 Å². The summed E-state index contributed by atoms with van der Waals surface area (Å²) >= 11 is 3.30. The first kappa shape index (κ1) is 15.7. The lowest BCUT2D eigenvalue weighted by molar-refractivity contribution is -0.136. The number of aryl methyl sites for hydroxylation is 1. The van der Waals surface area contributed by atoms with Crippen LogP contribution >= 0.6 is 15.9 Å². The molecule has 1 atom stereocenters. The standard InChI is InChI=1S/C13H17BrN2O3/c1-8-3-4-10(14)11(5-8)16-13(19)12(18)15-6-9(2)7-17/h3-5,9,17H,6-7H2,1-2H3,(H,15,18)(H,16,19). The molecule has 0 aliphatic heterocycles. The third kappa shape index (κ3) is 5.00. The molecule has 104 valence electrons. The Labute approximate surface area is 120 Å². The lowest BCUT2D eigenvalue weighted by Crippen LogP contribution is -2.38. The Morgan fingerprint density at radius 3 is 2.68 bits per heavy atom. The Bertz CT molecular complexity index is 477. The Hall–Kier alpha value is -1.40. The van der Waals surface area contributed by atoms with E-state index in [-0.39, 0.29) is 19.1 Å². The highest BCUT2D eigenvalue weighted by Crippen LogP contribution is 2.23. The Balaban J connectivity index is 2.59. The Morgan fingerprint density at radius 1 is 1.37 bits per heavy atom. The molecule has 1 aromatic rings. The first-order chi connectivity index (χ1) is 8.93. The van der Waals surface area contributed by atoms with Crippen molar-refractivity contribution < 1.29 is 14.7 Å². The van der Waals surface area contributed by atoms with E-state index >= 15 is 0 Å². The molecule has 0 saturated heterocycles. The van der Waals surface area contributed by atoms with Gasteiger partial charge in [-0.2, -0.15) is 0 Å². The summed E-state index contributed by atoms with van der Waals surface area (Å²) in [7, 11) is 0. The summed E-state index contributed by atoms with van der Waals surface area (Å²) in [6, 6.07) is 5.46. The van der Waals surface area contributed by atoms with Crippen LogP contribution in [-0.4, -0.2) is 30.1 Å². The third-order valence-electron chi connectivity index (χ3n) is 2.50. The van der Waals surface area contributed by atoms with Gasteiger partial charge in [-0.25, -0.2) is 0 Å². The minimum atomic E-state index is -0.726. The fraction of sp³-hybridized carbons (Fsp3) is 0.385. The van der Waals surface area contributed by atoms with Crippen molar-refractivity contribution in [3.63, 3.8) is 0 Å². The summed E-state index contributed by atoms with van der Waals surface area (Å²) < 4.78 is 0.711. The Morgan fingerprint density at radius 2 is 2.05 bits per heavy atom. The van der Waals surface area contributed by atoms with Crippen LogP contribution in [0.15, 0.2) is 22.7 Å². The predicted octanol–water partition coefficient (Wildman–Crippen LogP) is 1.44. The SMILES string of the molecule is Cc1ccc(Br)c(NC(=O)C(=O)NCC(C)CO)c1. The van der Waals surface area contributed by atoms with Gasteiger partial charge in [0.05, 0.1) is 5.69 Å². The van der Waals surface area contributed by atoms with Crippen LogP contribution in [-0.2, 0) is 9.59 Å². The van der Waals surface area contributed by atoms with Crippen molar-refractivity contribution in [2.75, 3.05) is 18.5 Å². The van der Waals surface area contributed by atoms with E-state index in [9.17, 15) is 9.59 Å². The van der Waals surface area contributed by atoms with Gasteiger partial charge >= 0.3 is 11.8 Å². The van der Waals surface area contributed by atoms with Crippen LogP contribution < -0.4 is 10.6 Å². The third-order valence-corrected chi connectivity index (χ3v) is 3.19. The van der Waals surface area contributed by atoms with Crippen LogP contribution in [0.25, 0.3) is 0 Å². The van der Waals surface area contributed by atoms with Crippen LogP contribution in [0.5, 0.6) is 0 Å². The van der Waals surface area contributed by atoms with Gasteiger partial charge in [-0.1, -0.05) is 13.0 Å². The minimum Gasteiger partial charge on any atom is -0.396 e. The zero-order chi connectivity index (χ0) is 14.4. The van der Waals surface area contributed by atoms with E-state index in [4.69, 9.17) is 5.11 Å². The second kappa shape index (κ2) is 7.25. The van der Waals surface area contributed by atoms with Crippen molar-refractivity contribution in [1.29, 1.82) is 0 Å². The van der Waals surface area contributed by atoms with Gasteiger partial charge in [0, 0.05) is 17.6 Å². The quantitative estimate of drug-likeness (QED) is 0.732. The molecule has 5 nitrogen and oxygen atoms in total. The van der Waals surface area contributed by atoms with E-state index in [1.165, 1.54) is 0 Å². The molecule has 6 heteroatoms. The van der Waals surface area contributed by atoms with Gasteiger partial charge in [-0.3, -0.25) is 9.59 Å². The number of benzene rings is 1. The molecule has 0 heterocycles. The number of rotatable bonds is 4. The summed E-state index contributed by atoms with van der Waals surface area (Å²) in [4.78, 5) is 23.2. The number of aliphatic hydroxyl groups is 1. The van der Waals surface area contributed by atoms with Gasteiger partial charge in [0.1, 0.15) is 0 Å². The molecule has 1 unspecified atom stereocenters. The Kier molecular flexibility index (Phi) is 5.98. The monoisotopic (exact) mass is 328 g/mol. The second-order valence-electron chi connectivity index (χ2n) is 4.44. The van der Waals surface area contributed by atoms with E-state index in [1.807, 2.05) is 13.0 Å². The topological polar surface area (TPSA) is 78.4 Å². The largest absolute Gasteiger partial charge is 0.396 e. The fourth-order valence-electron chi connectivity index (χ4n) is 1.33. The summed E-state index contributed by atoms with van der Waals surface area (Å²) in [5.74, 6) is -1.52. The predicted molar refractivity (Wildman–Crippen MR) is 76.8 cm³/mol.